The number of hydrogen-bond acceptors (Lipinski definition) is 1. The first-order chi connectivity index (χ1) is 10.1. The Labute approximate surface area is 122 Å². The van der Waals surface area contributed by atoms with E-state index in [1.165, 1.54) is 18.2 Å². The highest BCUT2D eigenvalue weighted by molar-refractivity contribution is 5.27. The molecule has 1 unspecified atom stereocenters. The van der Waals surface area contributed by atoms with Gasteiger partial charge in [-0.25, -0.2) is 13.2 Å². The topological polar surface area (TPSA) is 12.0 Å². The van der Waals surface area contributed by atoms with Gasteiger partial charge in [0, 0.05) is 18.5 Å². The van der Waals surface area contributed by atoms with Gasteiger partial charge in [-0.2, -0.15) is 0 Å². The molecule has 0 heterocycles. The Bertz CT molecular complexity index is 598. The standard InChI is InChI=1S/C17H18F3N/c1-2-21-11-13(15-5-3-4-6-16(15)19)9-12-7-8-14(18)10-17(12)20/h3-8,10,13,21H,2,9,11H2,1H3. The molecule has 112 valence electrons. The maximum atomic E-state index is 14.0. The van der Waals surface area contributed by atoms with Gasteiger partial charge in [-0.3, -0.25) is 0 Å². The predicted molar refractivity (Wildman–Crippen MR) is 77.7 cm³/mol. The third-order valence-corrected chi connectivity index (χ3v) is 3.47. The molecular weight excluding hydrogens is 275 g/mol. The van der Waals surface area contributed by atoms with Gasteiger partial charge in [0.2, 0.25) is 0 Å². The van der Waals surface area contributed by atoms with Crippen molar-refractivity contribution < 1.29 is 13.2 Å². The van der Waals surface area contributed by atoms with Crippen LogP contribution in [-0.2, 0) is 6.42 Å². The molecule has 1 N–H and O–H groups in total. The van der Waals surface area contributed by atoms with Gasteiger partial charge in [-0.1, -0.05) is 31.2 Å². The van der Waals surface area contributed by atoms with Crippen molar-refractivity contribution in [3.05, 3.63) is 71.0 Å². The summed E-state index contributed by atoms with van der Waals surface area (Å²) in [5, 5.41) is 3.16. The van der Waals surface area contributed by atoms with Crippen LogP contribution in [0.3, 0.4) is 0 Å². The van der Waals surface area contributed by atoms with E-state index in [4.69, 9.17) is 0 Å². The Kier molecular flexibility index (Phi) is 5.39. The molecular formula is C17H18F3N. The molecule has 0 radical (unpaired) electrons. The zero-order valence-electron chi connectivity index (χ0n) is 11.9. The molecule has 1 nitrogen and oxygen atoms in total. The lowest BCUT2D eigenvalue weighted by Gasteiger charge is -2.19. The molecule has 1 atom stereocenters. The van der Waals surface area contributed by atoms with Gasteiger partial charge >= 0.3 is 0 Å². The smallest absolute Gasteiger partial charge is 0.129 e. The van der Waals surface area contributed by atoms with Crippen LogP contribution in [0.25, 0.3) is 0 Å². The number of hydrogen-bond donors (Lipinski definition) is 1. The van der Waals surface area contributed by atoms with Crippen LogP contribution in [0, 0.1) is 17.5 Å². The second-order valence-corrected chi connectivity index (χ2v) is 4.97. The summed E-state index contributed by atoms with van der Waals surface area (Å²) in [4.78, 5) is 0. The molecule has 0 fully saturated rings. The lowest BCUT2D eigenvalue weighted by molar-refractivity contribution is 0.525. The molecule has 0 saturated heterocycles. The van der Waals surface area contributed by atoms with Gasteiger partial charge in [0.1, 0.15) is 17.5 Å². The Morgan fingerprint density at radius 3 is 2.43 bits per heavy atom. The molecule has 2 aromatic carbocycles. The number of benzene rings is 2. The molecule has 0 bridgehead atoms. The van der Waals surface area contributed by atoms with Crippen LogP contribution in [0.1, 0.15) is 24.0 Å². The minimum atomic E-state index is -0.606. The van der Waals surface area contributed by atoms with Crippen molar-refractivity contribution in [2.24, 2.45) is 0 Å². The van der Waals surface area contributed by atoms with E-state index >= 15 is 0 Å². The molecule has 4 heteroatoms. The van der Waals surface area contributed by atoms with E-state index in [0.29, 0.717) is 24.1 Å². The molecule has 2 rings (SSSR count). The van der Waals surface area contributed by atoms with Crippen molar-refractivity contribution in [3.8, 4) is 0 Å². The molecule has 2 aromatic rings. The highest BCUT2D eigenvalue weighted by Gasteiger charge is 2.17. The first-order valence-electron chi connectivity index (χ1n) is 7.01. The molecule has 0 aliphatic rings. The fourth-order valence-corrected chi connectivity index (χ4v) is 2.37. The number of rotatable bonds is 6. The second-order valence-electron chi connectivity index (χ2n) is 4.97. The Morgan fingerprint density at radius 1 is 1.00 bits per heavy atom. The fraction of sp³-hybridized carbons (Fsp3) is 0.294. The van der Waals surface area contributed by atoms with E-state index in [1.54, 1.807) is 18.2 Å². The summed E-state index contributed by atoms with van der Waals surface area (Å²) in [5.74, 6) is -1.70. The van der Waals surface area contributed by atoms with Crippen LogP contribution in [0.5, 0.6) is 0 Å². The minimum Gasteiger partial charge on any atom is -0.316 e. The van der Waals surface area contributed by atoms with Gasteiger partial charge in [0.15, 0.2) is 0 Å². The molecule has 0 spiro atoms. The SMILES string of the molecule is CCNCC(Cc1ccc(F)cc1F)c1ccccc1F. The third kappa shape index (κ3) is 4.08. The van der Waals surface area contributed by atoms with E-state index < -0.39 is 11.6 Å². The largest absolute Gasteiger partial charge is 0.316 e. The lowest BCUT2D eigenvalue weighted by Crippen LogP contribution is -2.23. The van der Waals surface area contributed by atoms with E-state index in [-0.39, 0.29) is 11.7 Å². The average molecular weight is 293 g/mol. The molecule has 0 aromatic heterocycles. The normalized spacial score (nSPS) is 12.4. The van der Waals surface area contributed by atoms with Crippen molar-refractivity contribution in [1.29, 1.82) is 0 Å². The van der Waals surface area contributed by atoms with E-state index in [9.17, 15) is 13.2 Å². The summed E-state index contributed by atoms with van der Waals surface area (Å²) in [6.07, 6.45) is 0.319. The van der Waals surface area contributed by atoms with Gasteiger partial charge in [0.05, 0.1) is 0 Å². The molecule has 0 amide bonds. The minimum absolute atomic E-state index is 0.203. The monoisotopic (exact) mass is 293 g/mol. The maximum Gasteiger partial charge on any atom is 0.129 e. The van der Waals surface area contributed by atoms with Crippen LogP contribution < -0.4 is 5.32 Å². The third-order valence-electron chi connectivity index (χ3n) is 3.47. The first kappa shape index (κ1) is 15.6. The van der Waals surface area contributed by atoms with Crippen LogP contribution in [0.2, 0.25) is 0 Å². The van der Waals surface area contributed by atoms with Crippen molar-refractivity contribution in [2.75, 3.05) is 13.1 Å². The predicted octanol–water partition coefficient (Wildman–Crippen LogP) is 4.04. The van der Waals surface area contributed by atoms with Crippen LogP contribution in [0.15, 0.2) is 42.5 Å². The summed E-state index contributed by atoms with van der Waals surface area (Å²) in [6, 6.07) is 10.0. The zero-order chi connectivity index (χ0) is 15.2. The van der Waals surface area contributed by atoms with Crippen molar-refractivity contribution in [1.82, 2.24) is 5.32 Å². The molecule has 0 aliphatic carbocycles. The van der Waals surface area contributed by atoms with Gasteiger partial charge in [0.25, 0.3) is 0 Å². The number of likely N-dealkylation sites (N-methyl/N-ethyl adjacent to an activating group) is 1. The van der Waals surface area contributed by atoms with Crippen molar-refractivity contribution >= 4 is 0 Å². The zero-order valence-corrected chi connectivity index (χ0v) is 11.9. The number of nitrogens with one attached hydrogen (secondary N) is 1. The summed E-state index contributed by atoms with van der Waals surface area (Å²) in [5.41, 5.74) is 0.935. The Morgan fingerprint density at radius 2 is 1.76 bits per heavy atom. The van der Waals surface area contributed by atoms with Crippen LogP contribution in [-0.4, -0.2) is 13.1 Å². The summed E-state index contributed by atoms with van der Waals surface area (Å²) in [7, 11) is 0. The highest BCUT2D eigenvalue weighted by Crippen LogP contribution is 2.24. The van der Waals surface area contributed by atoms with Crippen LogP contribution >= 0.6 is 0 Å². The molecule has 21 heavy (non-hydrogen) atoms. The lowest BCUT2D eigenvalue weighted by atomic mass is 9.91. The average Bonchev–Trinajstić information content (AvgIpc) is 2.46. The Hall–Kier alpha value is -1.81. The van der Waals surface area contributed by atoms with E-state index in [2.05, 4.69) is 5.32 Å². The van der Waals surface area contributed by atoms with E-state index in [1.807, 2.05) is 6.92 Å². The summed E-state index contributed by atoms with van der Waals surface area (Å²) < 4.78 is 40.7. The fourth-order valence-electron chi connectivity index (χ4n) is 2.37. The molecule has 0 saturated carbocycles. The summed E-state index contributed by atoms with van der Waals surface area (Å²) in [6.45, 7) is 3.24. The van der Waals surface area contributed by atoms with Gasteiger partial charge in [-0.05, 0) is 36.2 Å². The molecule has 0 aliphatic heterocycles. The highest BCUT2D eigenvalue weighted by atomic mass is 19.1. The van der Waals surface area contributed by atoms with Gasteiger partial charge in [-0.15, -0.1) is 0 Å². The van der Waals surface area contributed by atoms with Crippen LogP contribution in [0.4, 0.5) is 13.2 Å². The number of halogens is 3. The Balaban J connectivity index is 2.26. The van der Waals surface area contributed by atoms with Gasteiger partial charge < -0.3 is 5.32 Å². The van der Waals surface area contributed by atoms with Crippen molar-refractivity contribution in [3.63, 3.8) is 0 Å². The van der Waals surface area contributed by atoms with Crippen molar-refractivity contribution in [2.45, 2.75) is 19.3 Å². The van der Waals surface area contributed by atoms with E-state index in [0.717, 1.165) is 12.6 Å². The summed E-state index contributed by atoms with van der Waals surface area (Å²) >= 11 is 0. The first-order valence-corrected chi connectivity index (χ1v) is 7.01. The maximum absolute atomic E-state index is 14.0. The quantitative estimate of drug-likeness (QED) is 0.847. The second kappa shape index (κ2) is 7.27.